The van der Waals surface area contributed by atoms with Crippen LogP contribution in [0.1, 0.15) is 24.3 Å². The van der Waals surface area contributed by atoms with E-state index in [2.05, 4.69) is 18.7 Å². The van der Waals surface area contributed by atoms with Gasteiger partial charge in [-0.1, -0.05) is 43.6 Å². The molecule has 6 heteroatoms. The second kappa shape index (κ2) is 8.11. The van der Waals surface area contributed by atoms with Gasteiger partial charge in [0.15, 0.2) is 0 Å². The molecule has 0 bridgehead atoms. The zero-order chi connectivity index (χ0) is 19.6. The number of hydrogen-bond acceptors (Lipinski definition) is 2. The summed E-state index contributed by atoms with van der Waals surface area (Å²) in [5.41, 5.74) is 7.72. The van der Waals surface area contributed by atoms with E-state index in [4.69, 9.17) is 17.3 Å². The van der Waals surface area contributed by atoms with Crippen molar-refractivity contribution in [2.75, 3.05) is 19.6 Å². The van der Waals surface area contributed by atoms with Crippen molar-refractivity contribution in [1.29, 1.82) is 0 Å². The Morgan fingerprint density at radius 1 is 1.19 bits per heavy atom. The molecule has 1 amide bonds. The molecule has 0 aliphatic carbocycles. The summed E-state index contributed by atoms with van der Waals surface area (Å²) in [5.74, 6) is -0.983. The number of rotatable bonds is 7. The van der Waals surface area contributed by atoms with Crippen LogP contribution >= 0.6 is 11.6 Å². The lowest BCUT2D eigenvalue weighted by atomic mass is 10.0. The first-order valence-electron chi connectivity index (χ1n) is 9.06. The van der Waals surface area contributed by atoms with Crippen LogP contribution in [0.25, 0.3) is 22.0 Å². The normalized spacial score (nSPS) is 11.4. The Hall–Kier alpha value is -2.37. The van der Waals surface area contributed by atoms with Gasteiger partial charge in [-0.05, 0) is 37.4 Å². The van der Waals surface area contributed by atoms with E-state index in [9.17, 15) is 9.18 Å². The maximum Gasteiger partial charge on any atom is 0.266 e. The Balaban J connectivity index is 2.28. The number of likely N-dealkylation sites (N-methyl/N-ethyl adjacent to an activating group) is 1. The second-order valence-electron chi connectivity index (χ2n) is 6.41. The van der Waals surface area contributed by atoms with Gasteiger partial charge in [0.1, 0.15) is 11.5 Å². The van der Waals surface area contributed by atoms with Crippen molar-refractivity contribution >= 4 is 28.4 Å². The minimum Gasteiger partial charge on any atom is -0.364 e. The Labute approximate surface area is 163 Å². The number of carbonyl (C=O) groups excluding carboxylic acids is 1. The molecule has 1 heterocycles. The lowest BCUT2D eigenvalue weighted by molar-refractivity contribution is 0.0992. The van der Waals surface area contributed by atoms with Crippen molar-refractivity contribution < 1.29 is 9.18 Å². The molecular weight excluding hydrogens is 365 g/mol. The third-order valence-electron chi connectivity index (χ3n) is 4.94. The van der Waals surface area contributed by atoms with Gasteiger partial charge in [-0.2, -0.15) is 0 Å². The van der Waals surface area contributed by atoms with Crippen LogP contribution in [0.5, 0.6) is 0 Å². The van der Waals surface area contributed by atoms with Crippen molar-refractivity contribution in [3.8, 4) is 11.1 Å². The molecule has 0 saturated carbocycles. The lowest BCUT2D eigenvalue weighted by Gasteiger charge is -2.19. The molecule has 0 fully saturated rings. The first-order valence-corrected chi connectivity index (χ1v) is 9.44. The van der Waals surface area contributed by atoms with Crippen LogP contribution in [-0.2, 0) is 6.54 Å². The van der Waals surface area contributed by atoms with Crippen molar-refractivity contribution in [1.82, 2.24) is 9.47 Å². The molecule has 4 nitrogen and oxygen atoms in total. The molecule has 27 heavy (non-hydrogen) atoms. The van der Waals surface area contributed by atoms with Crippen LogP contribution in [0, 0.1) is 5.82 Å². The maximum absolute atomic E-state index is 14.6. The Bertz CT molecular complexity index is 979. The molecule has 2 N–H and O–H groups in total. The molecule has 0 spiro atoms. The first-order chi connectivity index (χ1) is 13.0. The molecule has 142 valence electrons. The number of carbonyl (C=O) groups is 1. The zero-order valence-electron chi connectivity index (χ0n) is 15.5. The summed E-state index contributed by atoms with van der Waals surface area (Å²) in [6, 6.07) is 11.8. The Kier molecular flexibility index (Phi) is 5.82. The van der Waals surface area contributed by atoms with E-state index < -0.39 is 11.7 Å². The van der Waals surface area contributed by atoms with Gasteiger partial charge >= 0.3 is 0 Å². The molecule has 3 rings (SSSR count). The first kappa shape index (κ1) is 19.4. The van der Waals surface area contributed by atoms with Gasteiger partial charge in [0, 0.05) is 40.1 Å². The van der Waals surface area contributed by atoms with Gasteiger partial charge in [-0.15, -0.1) is 0 Å². The molecule has 0 saturated heterocycles. The summed E-state index contributed by atoms with van der Waals surface area (Å²) < 4.78 is 16.5. The minimum atomic E-state index is -0.583. The molecule has 0 atom stereocenters. The highest BCUT2D eigenvalue weighted by molar-refractivity contribution is 6.31. The van der Waals surface area contributed by atoms with E-state index in [-0.39, 0.29) is 0 Å². The molecule has 0 unspecified atom stereocenters. The van der Waals surface area contributed by atoms with Gasteiger partial charge in [-0.25, -0.2) is 4.39 Å². The lowest BCUT2D eigenvalue weighted by Crippen LogP contribution is -2.28. The molecule has 2 aromatic carbocycles. The van der Waals surface area contributed by atoms with Gasteiger partial charge < -0.3 is 15.2 Å². The fraction of sp³-hybridized carbons (Fsp3) is 0.286. The highest BCUT2D eigenvalue weighted by Gasteiger charge is 2.24. The smallest absolute Gasteiger partial charge is 0.266 e. The van der Waals surface area contributed by atoms with Crippen LogP contribution in [0.2, 0.25) is 5.02 Å². The summed E-state index contributed by atoms with van der Waals surface area (Å²) in [5, 5.41) is 1.25. The largest absolute Gasteiger partial charge is 0.364 e. The third kappa shape index (κ3) is 3.70. The highest BCUT2D eigenvalue weighted by atomic mass is 35.5. The predicted octanol–water partition coefficient (Wildman–Crippen LogP) is 4.54. The van der Waals surface area contributed by atoms with E-state index in [0.29, 0.717) is 28.4 Å². The van der Waals surface area contributed by atoms with Crippen molar-refractivity contribution in [3.63, 3.8) is 0 Å². The van der Waals surface area contributed by atoms with Crippen molar-refractivity contribution in [2.45, 2.75) is 20.4 Å². The fourth-order valence-electron chi connectivity index (χ4n) is 3.53. The standard InChI is InChI=1S/C21H23ClFN3O/c1-3-25(4-2)11-12-26-18-10-9-14(22)13-16(18)19(20(26)21(24)27)15-7-5-6-8-17(15)23/h5-10,13H,3-4,11-12H2,1-2H3,(H2,24,27). The highest BCUT2D eigenvalue weighted by Crippen LogP contribution is 2.37. The number of hydrogen-bond donors (Lipinski definition) is 1. The number of fused-ring (bicyclic) bond motifs is 1. The number of nitrogens with zero attached hydrogens (tertiary/aromatic N) is 2. The summed E-state index contributed by atoms with van der Waals surface area (Å²) >= 11 is 6.20. The quantitative estimate of drug-likeness (QED) is 0.647. The summed E-state index contributed by atoms with van der Waals surface area (Å²) in [7, 11) is 0. The number of amides is 1. The molecule has 0 aliphatic rings. The van der Waals surface area contributed by atoms with E-state index in [1.165, 1.54) is 6.07 Å². The van der Waals surface area contributed by atoms with Crippen molar-refractivity contribution in [3.05, 3.63) is 59.0 Å². The summed E-state index contributed by atoms with van der Waals surface area (Å²) in [6.07, 6.45) is 0. The van der Waals surface area contributed by atoms with Crippen LogP contribution in [-0.4, -0.2) is 35.0 Å². The maximum atomic E-state index is 14.6. The monoisotopic (exact) mass is 387 g/mol. The van der Waals surface area contributed by atoms with Gasteiger partial charge in [-0.3, -0.25) is 4.79 Å². The molecule has 0 aliphatic heterocycles. The number of aromatic nitrogens is 1. The fourth-order valence-corrected chi connectivity index (χ4v) is 3.71. The van der Waals surface area contributed by atoms with E-state index in [1.807, 2.05) is 10.6 Å². The van der Waals surface area contributed by atoms with Crippen LogP contribution in [0.4, 0.5) is 4.39 Å². The van der Waals surface area contributed by atoms with Crippen molar-refractivity contribution in [2.24, 2.45) is 5.73 Å². The zero-order valence-corrected chi connectivity index (χ0v) is 16.3. The average Bonchev–Trinajstić information content (AvgIpc) is 2.96. The average molecular weight is 388 g/mol. The predicted molar refractivity (Wildman–Crippen MR) is 109 cm³/mol. The Morgan fingerprint density at radius 2 is 1.89 bits per heavy atom. The number of nitrogens with two attached hydrogens (primary N) is 1. The van der Waals surface area contributed by atoms with Gasteiger partial charge in [0.2, 0.25) is 0 Å². The molecule has 3 aromatic rings. The SMILES string of the molecule is CCN(CC)CCn1c(C(N)=O)c(-c2ccccc2F)c2cc(Cl)ccc21. The van der Waals surface area contributed by atoms with Gasteiger partial charge in [0.25, 0.3) is 5.91 Å². The van der Waals surface area contributed by atoms with Crippen LogP contribution < -0.4 is 5.73 Å². The second-order valence-corrected chi connectivity index (χ2v) is 6.84. The van der Waals surface area contributed by atoms with E-state index in [1.54, 1.807) is 30.3 Å². The van der Waals surface area contributed by atoms with Gasteiger partial charge in [0.05, 0.1) is 0 Å². The van der Waals surface area contributed by atoms with Crippen LogP contribution in [0.15, 0.2) is 42.5 Å². The summed E-state index contributed by atoms with van der Waals surface area (Å²) in [4.78, 5) is 14.7. The van der Waals surface area contributed by atoms with Crippen LogP contribution in [0.3, 0.4) is 0 Å². The Morgan fingerprint density at radius 3 is 2.52 bits per heavy atom. The molecule has 1 aromatic heterocycles. The number of benzene rings is 2. The van der Waals surface area contributed by atoms with E-state index >= 15 is 0 Å². The van der Waals surface area contributed by atoms with E-state index in [0.717, 1.165) is 30.5 Å². The summed E-state index contributed by atoms with van der Waals surface area (Å²) in [6.45, 7) is 7.35. The molecular formula is C21H23ClFN3O. The molecule has 0 radical (unpaired) electrons. The number of halogens is 2. The third-order valence-corrected chi connectivity index (χ3v) is 5.17. The number of primary amides is 1. The minimum absolute atomic E-state index is 0.310. The topological polar surface area (TPSA) is 51.3 Å².